The lowest BCUT2D eigenvalue weighted by Gasteiger charge is -2.33. The zero-order valence-electron chi connectivity index (χ0n) is 31.3. The minimum absolute atomic E-state index is 0.00109. The molecule has 1 heterocycles. The lowest BCUT2D eigenvalue weighted by Crippen LogP contribution is -2.25. The predicted octanol–water partition coefficient (Wildman–Crippen LogP) is 9.71. The fourth-order valence-electron chi connectivity index (χ4n) is 6.88. The highest BCUT2D eigenvalue weighted by molar-refractivity contribution is 5.66. The van der Waals surface area contributed by atoms with Crippen molar-refractivity contribution < 1.29 is 19.3 Å². The first-order chi connectivity index (χ1) is 25.1. The summed E-state index contributed by atoms with van der Waals surface area (Å²) in [5.74, 6) is 1.59. The van der Waals surface area contributed by atoms with E-state index < -0.39 is 5.60 Å². The Morgan fingerprint density at radius 3 is 2.35 bits per heavy atom. The van der Waals surface area contributed by atoms with Gasteiger partial charge < -0.3 is 24.2 Å². The first-order valence-corrected chi connectivity index (χ1v) is 17.9. The van der Waals surface area contributed by atoms with Crippen LogP contribution in [0.3, 0.4) is 0 Å². The van der Waals surface area contributed by atoms with Gasteiger partial charge in [0, 0.05) is 42.6 Å². The van der Waals surface area contributed by atoms with E-state index in [1.165, 1.54) is 0 Å². The number of methoxy groups -OCH3 is 2. The smallest absolute Gasteiger partial charge is 0.237 e. The van der Waals surface area contributed by atoms with Crippen molar-refractivity contribution in [1.29, 1.82) is 10.5 Å². The molecule has 0 saturated carbocycles. The summed E-state index contributed by atoms with van der Waals surface area (Å²) in [6.45, 7) is 18.5. The molecule has 8 nitrogen and oxygen atoms in total. The Morgan fingerprint density at radius 1 is 0.981 bits per heavy atom. The van der Waals surface area contributed by atoms with Gasteiger partial charge in [0.1, 0.15) is 29.2 Å². The van der Waals surface area contributed by atoms with Crippen LogP contribution < -0.4 is 9.64 Å². The number of unbranched alkanes of at least 4 members (excludes halogenated alkanes) is 2. The van der Waals surface area contributed by atoms with Crippen LogP contribution in [0.5, 0.6) is 5.75 Å². The summed E-state index contributed by atoms with van der Waals surface area (Å²) in [6, 6.07) is 19.6. The van der Waals surface area contributed by atoms with Crippen molar-refractivity contribution >= 4 is 11.8 Å². The number of aliphatic hydroxyl groups is 1. The van der Waals surface area contributed by atoms with E-state index in [1.54, 1.807) is 14.2 Å². The van der Waals surface area contributed by atoms with E-state index in [4.69, 9.17) is 20.8 Å². The number of hydrogen-bond donors (Lipinski definition) is 1. The van der Waals surface area contributed by atoms with Crippen LogP contribution in [-0.2, 0) is 15.1 Å². The minimum atomic E-state index is -1.08. The van der Waals surface area contributed by atoms with Gasteiger partial charge >= 0.3 is 0 Å². The quantitative estimate of drug-likeness (QED) is 0.112. The highest BCUT2D eigenvalue weighted by Crippen LogP contribution is 2.48. The van der Waals surface area contributed by atoms with Gasteiger partial charge in [0.05, 0.1) is 20.8 Å². The molecule has 8 heteroatoms. The number of allylic oxidation sites excluding steroid dienone is 6. The second kappa shape index (κ2) is 18.1. The highest BCUT2D eigenvalue weighted by atomic mass is 16.5. The molecule has 0 fully saturated rings. The molecule has 0 bridgehead atoms. The average molecular weight is 699 g/mol. The molecule has 1 aliphatic heterocycles. The van der Waals surface area contributed by atoms with E-state index in [9.17, 15) is 15.6 Å². The largest absolute Gasteiger partial charge is 0.496 e. The van der Waals surface area contributed by atoms with Crippen molar-refractivity contribution in [2.75, 3.05) is 38.8 Å². The van der Waals surface area contributed by atoms with E-state index in [2.05, 4.69) is 60.9 Å². The highest BCUT2D eigenvalue weighted by Gasteiger charge is 2.43. The zero-order valence-corrected chi connectivity index (χ0v) is 31.3. The average Bonchev–Trinajstić information content (AvgIpc) is 3.44. The zero-order chi connectivity index (χ0) is 37.7. The lowest BCUT2D eigenvalue weighted by molar-refractivity contribution is 0.0754. The lowest BCUT2D eigenvalue weighted by atomic mass is 9.74. The molecule has 4 rings (SSSR count). The van der Waals surface area contributed by atoms with Crippen LogP contribution in [0.2, 0.25) is 0 Å². The molecule has 2 aromatic rings. The van der Waals surface area contributed by atoms with Crippen molar-refractivity contribution in [3.63, 3.8) is 0 Å². The molecule has 0 spiro atoms. The number of aliphatic hydroxyl groups excluding tert-OH is 1. The van der Waals surface area contributed by atoms with Gasteiger partial charge in [0.15, 0.2) is 11.3 Å². The molecule has 270 valence electrons. The third-order valence-corrected chi connectivity index (χ3v) is 9.53. The van der Waals surface area contributed by atoms with Crippen LogP contribution in [-0.4, -0.2) is 39.0 Å². The number of benzene rings is 2. The Kier molecular flexibility index (Phi) is 13.7. The Balaban J connectivity index is 1.72. The number of ether oxygens (including phenoxy) is 3. The van der Waals surface area contributed by atoms with Gasteiger partial charge in [-0.15, -0.1) is 0 Å². The van der Waals surface area contributed by atoms with Gasteiger partial charge in [-0.1, -0.05) is 87.9 Å². The van der Waals surface area contributed by atoms with Gasteiger partial charge in [0.25, 0.3) is 0 Å². The van der Waals surface area contributed by atoms with Crippen LogP contribution in [0.15, 0.2) is 112 Å². The van der Waals surface area contributed by atoms with E-state index in [-0.39, 0.29) is 29.1 Å². The molecule has 0 aromatic heterocycles. The van der Waals surface area contributed by atoms with Crippen molar-refractivity contribution in [3.8, 4) is 17.9 Å². The van der Waals surface area contributed by atoms with Crippen LogP contribution in [0.25, 0.3) is 10.9 Å². The summed E-state index contributed by atoms with van der Waals surface area (Å²) in [6.07, 6.45) is 15.5. The van der Waals surface area contributed by atoms with E-state index in [0.29, 0.717) is 5.57 Å². The summed E-state index contributed by atoms with van der Waals surface area (Å²) < 4.78 is 18.2. The van der Waals surface area contributed by atoms with Gasteiger partial charge in [-0.25, -0.2) is 4.85 Å². The van der Waals surface area contributed by atoms with E-state index >= 15 is 0 Å². The third-order valence-electron chi connectivity index (χ3n) is 9.53. The molecule has 52 heavy (non-hydrogen) atoms. The minimum Gasteiger partial charge on any atom is -0.496 e. The van der Waals surface area contributed by atoms with Gasteiger partial charge in [-0.3, -0.25) is 0 Å². The molecule has 1 atom stereocenters. The second-order valence-corrected chi connectivity index (χ2v) is 14.0. The Bertz CT molecular complexity index is 1890. The fourth-order valence-corrected chi connectivity index (χ4v) is 6.88. The molecule has 1 aliphatic carbocycles. The van der Waals surface area contributed by atoms with Crippen molar-refractivity contribution in [2.24, 2.45) is 5.41 Å². The predicted molar refractivity (Wildman–Crippen MR) is 207 cm³/mol. The maximum atomic E-state index is 9.64. The summed E-state index contributed by atoms with van der Waals surface area (Å²) >= 11 is 0. The SMILES string of the molecule is [C-]#[N+]C1=C(/C=C/C=C2\CC(C)(C)CC(/C=C/c3ccc(N(CCCC)CCCCO)cc3OC)=C2OC)C(C)(c2ccccc2)OC1=C(C#N)C#N. The van der Waals surface area contributed by atoms with Crippen molar-refractivity contribution in [1.82, 2.24) is 0 Å². The molecule has 1 N–H and O–H groups in total. The van der Waals surface area contributed by atoms with Gasteiger partial charge in [-0.05, 0) is 73.3 Å². The number of rotatable bonds is 15. The Morgan fingerprint density at radius 2 is 1.71 bits per heavy atom. The monoisotopic (exact) mass is 698 g/mol. The fraction of sp³-hybridized carbons (Fsp3) is 0.386. The summed E-state index contributed by atoms with van der Waals surface area (Å²) in [5, 5.41) is 28.6. The standard InChI is InChI=1S/C44H50N4O4/c1-8-9-24-48(25-13-14-26-49)37-23-22-32(39(27-37)50-6)20-21-34-29-43(2,3)28-33(41(34)51-7)16-15-19-38-40(47-5)42(35(30-45)31-46)52-44(38,4)36-17-11-10-12-18-36/h10-12,15-23,27,49H,8-9,13-14,24-26,28-29H2,1-4,6-7H3/b19-15+,21-20+,33-16+. The van der Waals surface area contributed by atoms with Crippen LogP contribution in [0, 0.1) is 34.6 Å². The van der Waals surface area contributed by atoms with Gasteiger partial charge in [0.2, 0.25) is 5.70 Å². The Hall–Kier alpha value is -5.49. The van der Waals surface area contributed by atoms with Crippen molar-refractivity contribution in [3.05, 3.63) is 135 Å². The van der Waals surface area contributed by atoms with Crippen LogP contribution in [0.4, 0.5) is 5.69 Å². The van der Waals surface area contributed by atoms with Gasteiger partial charge in [-0.2, -0.15) is 10.5 Å². The van der Waals surface area contributed by atoms with E-state index in [1.807, 2.05) is 67.6 Å². The summed E-state index contributed by atoms with van der Waals surface area (Å²) in [4.78, 5) is 6.11. The topological polar surface area (TPSA) is 103 Å². The normalized spacial score (nSPS) is 19.1. The number of hydrogen-bond acceptors (Lipinski definition) is 7. The Labute approximate surface area is 309 Å². The number of nitrogens with zero attached hydrogens (tertiary/aromatic N) is 4. The molecule has 2 aliphatic rings. The number of anilines is 1. The molecule has 0 saturated heterocycles. The van der Waals surface area contributed by atoms with Crippen LogP contribution >= 0.6 is 0 Å². The van der Waals surface area contributed by atoms with Crippen molar-refractivity contribution in [2.45, 2.75) is 71.8 Å². The molecule has 0 radical (unpaired) electrons. The summed E-state index contributed by atoms with van der Waals surface area (Å²) in [5.41, 5.74) is 4.31. The molecular formula is C44H50N4O4. The van der Waals surface area contributed by atoms with Crippen LogP contribution in [0.1, 0.15) is 77.3 Å². The second-order valence-electron chi connectivity index (χ2n) is 14.0. The molecule has 1 unspecified atom stereocenters. The molecule has 0 amide bonds. The molecule has 2 aromatic carbocycles. The first-order valence-electron chi connectivity index (χ1n) is 17.9. The van der Waals surface area contributed by atoms with E-state index in [0.717, 1.165) is 91.1 Å². The molecular weight excluding hydrogens is 649 g/mol. The third kappa shape index (κ3) is 9.05. The maximum Gasteiger partial charge on any atom is 0.237 e. The summed E-state index contributed by atoms with van der Waals surface area (Å²) in [7, 11) is 3.39. The number of nitriles is 2. The first kappa shape index (κ1) is 39.3. The maximum absolute atomic E-state index is 9.64.